The first kappa shape index (κ1) is 28.4. The number of rotatable bonds is 12. The van der Waals surface area contributed by atoms with Gasteiger partial charge in [0.15, 0.2) is 0 Å². The maximum Gasteiger partial charge on any atom is 0.0481 e. The summed E-state index contributed by atoms with van der Waals surface area (Å²) in [5.41, 5.74) is 11.7. The zero-order chi connectivity index (χ0) is 27.6. The summed E-state index contributed by atoms with van der Waals surface area (Å²) in [5, 5.41) is 0. The minimum Gasteiger partial charge on any atom is -0.139 e. The highest BCUT2D eigenvalue weighted by Gasteiger charge is 2.35. The Balaban J connectivity index is 1.49. The monoisotopic (exact) mass is 554 g/mol. The van der Waals surface area contributed by atoms with Crippen LogP contribution in [0.2, 0.25) is 0 Å². The van der Waals surface area contributed by atoms with Gasteiger partial charge in [-0.1, -0.05) is 102 Å². The second-order valence-electron chi connectivity index (χ2n) is 12.2. The summed E-state index contributed by atoms with van der Waals surface area (Å²) in [7, 11) is 0. The van der Waals surface area contributed by atoms with Crippen LogP contribution in [0.15, 0.2) is 48.5 Å². The van der Waals surface area contributed by atoms with Gasteiger partial charge < -0.3 is 0 Å². The van der Waals surface area contributed by atoms with Crippen LogP contribution < -0.4 is 0 Å². The molecule has 0 spiro atoms. The smallest absolute Gasteiger partial charge is 0.0481 e. The van der Waals surface area contributed by atoms with Crippen molar-refractivity contribution >= 4 is 22.7 Å². The van der Waals surface area contributed by atoms with Crippen molar-refractivity contribution in [1.29, 1.82) is 0 Å². The second-order valence-corrected chi connectivity index (χ2v) is 14.5. The molecule has 2 heterocycles. The molecule has 1 aliphatic rings. The molecule has 2 aromatic heterocycles. The number of benzene rings is 2. The molecule has 0 fully saturated rings. The Bertz CT molecular complexity index is 1430. The summed E-state index contributed by atoms with van der Waals surface area (Å²) in [6.45, 7) is 13.9. The minimum atomic E-state index is 0.0350. The van der Waals surface area contributed by atoms with Crippen molar-refractivity contribution in [3.05, 3.63) is 81.2 Å². The third-order valence-corrected chi connectivity index (χ3v) is 11.3. The molecule has 0 nitrogen and oxygen atoms in total. The molecule has 39 heavy (non-hydrogen) atoms. The van der Waals surface area contributed by atoms with E-state index in [-0.39, 0.29) is 5.41 Å². The van der Waals surface area contributed by atoms with Gasteiger partial charge in [-0.3, -0.25) is 0 Å². The zero-order valence-electron chi connectivity index (χ0n) is 25.0. The largest absolute Gasteiger partial charge is 0.139 e. The van der Waals surface area contributed by atoms with E-state index in [9.17, 15) is 0 Å². The molecule has 0 amide bonds. The maximum atomic E-state index is 2.53. The van der Waals surface area contributed by atoms with Crippen molar-refractivity contribution in [3.8, 4) is 31.3 Å². The van der Waals surface area contributed by atoms with Gasteiger partial charge >= 0.3 is 0 Å². The Morgan fingerprint density at radius 1 is 0.615 bits per heavy atom. The fraction of sp³-hybridized carbons (Fsp3) is 0.459. The quantitative estimate of drug-likeness (QED) is 0.153. The SMILES string of the molecule is CCCCCCc1cc(-c2sc(-c3ccc4c(c3)C(C)(C)c3cc(C)ccc3-4)cc2CCCCCC)sc1C. The van der Waals surface area contributed by atoms with Crippen LogP contribution in [-0.4, -0.2) is 0 Å². The van der Waals surface area contributed by atoms with Crippen molar-refractivity contribution in [1.82, 2.24) is 0 Å². The van der Waals surface area contributed by atoms with Crippen molar-refractivity contribution in [3.63, 3.8) is 0 Å². The van der Waals surface area contributed by atoms with Gasteiger partial charge in [-0.2, -0.15) is 0 Å². The average molecular weight is 555 g/mol. The van der Waals surface area contributed by atoms with Crippen LogP contribution in [0.5, 0.6) is 0 Å². The number of fused-ring (bicyclic) bond motifs is 3. The number of hydrogen-bond acceptors (Lipinski definition) is 2. The molecule has 0 aliphatic heterocycles. The Morgan fingerprint density at radius 3 is 1.92 bits per heavy atom. The van der Waals surface area contributed by atoms with E-state index in [0.717, 1.165) is 0 Å². The van der Waals surface area contributed by atoms with Crippen molar-refractivity contribution in [2.24, 2.45) is 0 Å². The third kappa shape index (κ3) is 5.84. The molecule has 206 valence electrons. The molecule has 0 atom stereocenters. The van der Waals surface area contributed by atoms with Crippen molar-refractivity contribution in [2.75, 3.05) is 0 Å². The molecular formula is C37H46S2. The van der Waals surface area contributed by atoms with Gasteiger partial charge in [0.1, 0.15) is 0 Å². The van der Waals surface area contributed by atoms with Gasteiger partial charge in [-0.15, -0.1) is 22.7 Å². The van der Waals surface area contributed by atoms with Gasteiger partial charge in [0, 0.05) is 24.9 Å². The summed E-state index contributed by atoms with van der Waals surface area (Å²) < 4.78 is 0. The Labute approximate surface area is 245 Å². The Hall–Kier alpha value is -2.16. The fourth-order valence-electron chi connectivity index (χ4n) is 6.33. The molecule has 5 rings (SSSR count). The standard InChI is InChI=1S/C37H46S2/c1-7-9-11-13-15-27-23-35(38-26(27)4)36-29(16-14-12-10-8-2)24-34(39-36)28-18-20-31-30-19-17-25(3)21-32(30)37(5,6)33(31)22-28/h17-24H,7-16H2,1-6H3. The van der Waals surface area contributed by atoms with Gasteiger partial charge in [0.25, 0.3) is 0 Å². The lowest BCUT2D eigenvalue weighted by molar-refractivity contribution is 0.660. The highest BCUT2D eigenvalue weighted by atomic mass is 32.1. The first-order chi connectivity index (χ1) is 18.8. The molecule has 2 heteroatoms. The molecular weight excluding hydrogens is 509 g/mol. The van der Waals surface area contributed by atoms with E-state index in [1.165, 1.54) is 117 Å². The molecule has 0 saturated heterocycles. The Morgan fingerprint density at radius 2 is 1.23 bits per heavy atom. The third-order valence-electron chi connectivity index (χ3n) is 8.77. The molecule has 0 bridgehead atoms. The first-order valence-electron chi connectivity index (χ1n) is 15.3. The van der Waals surface area contributed by atoms with E-state index >= 15 is 0 Å². The van der Waals surface area contributed by atoms with Crippen LogP contribution in [0.1, 0.15) is 112 Å². The highest BCUT2D eigenvalue weighted by Crippen LogP contribution is 2.51. The molecule has 0 unspecified atom stereocenters. The predicted molar refractivity (Wildman–Crippen MR) is 176 cm³/mol. The van der Waals surface area contributed by atoms with Gasteiger partial charge in [-0.05, 0) is 96.7 Å². The van der Waals surface area contributed by atoms with Crippen LogP contribution in [0.4, 0.5) is 0 Å². The van der Waals surface area contributed by atoms with Crippen LogP contribution >= 0.6 is 22.7 Å². The van der Waals surface area contributed by atoms with Gasteiger partial charge in [0.05, 0.1) is 0 Å². The summed E-state index contributed by atoms with van der Waals surface area (Å²) in [6.07, 6.45) is 13.0. The summed E-state index contributed by atoms with van der Waals surface area (Å²) in [5.74, 6) is 0. The lowest BCUT2D eigenvalue weighted by atomic mass is 9.81. The molecule has 4 aromatic rings. The summed E-state index contributed by atoms with van der Waals surface area (Å²) in [6, 6.07) is 19.3. The molecule has 2 aromatic carbocycles. The number of thiophene rings is 2. The van der Waals surface area contributed by atoms with E-state index in [2.05, 4.69) is 90.1 Å². The molecule has 0 radical (unpaired) electrons. The minimum absolute atomic E-state index is 0.0350. The van der Waals surface area contributed by atoms with Crippen LogP contribution in [0.3, 0.4) is 0 Å². The van der Waals surface area contributed by atoms with E-state index in [4.69, 9.17) is 0 Å². The second kappa shape index (κ2) is 12.1. The lowest BCUT2D eigenvalue weighted by Gasteiger charge is -2.22. The lowest BCUT2D eigenvalue weighted by Crippen LogP contribution is -2.15. The summed E-state index contributed by atoms with van der Waals surface area (Å²) >= 11 is 4.05. The van der Waals surface area contributed by atoms with E-state index in [0.29, 0.717) is 0 Å². The number of hydrogen-bond donors (Lipinski definition) is 0. The molecule has 1 aliphatic carbocycles. The summed E-state index contributed by atoms with van der Waals surface area (Å²) in [4.78, 5) is 5.95. The van der Waals surface area contributed by atoms with Gasteiger partial charge in [-0.25, -0.2) is 0 Å². The normalized spacial score (nSPS) is 13.6. The fourth-order valence-corrected chi connectivity index (χ4v) is 8.75. The highest BCUT2D eigenvalue weighted by molar-refractivity contribution is 7.24. The van der Waals surface area contributed by atoms with E-state index in [1.54, 1.807) is 11.1 Å². The molecule has 0 saturated carbocycles. The van der Waals surface area contributed by atoms with Crippen molar-refractivity contribution < 1.29 is 0 Å². The van der Waals surface area contributed by atoms with Crippen LogP contribution in [-0.2, 0) is 18.3 Å². The Kier molecular flexibility index (Phi) is 8.84. The van der Waals surface area contributed by atoms with E-state index in [1.807, 2.05) is 22.7 Å². The van der Waals surface area contributed by atoms with Crippen molar-refractivity contribution in [2.45, 2.75) is 111 Å². The topological polar surface area (TPSA) is 0 Å². The van der Waals surface area contributed by atoms with Crippen LogP contribution in [0.25, 0.3) is 31.3 Å². The first-order valence-corrected chi connectivity index (χ1v) is 17.0. The van der Waals surface area contributed by atoms with Crippen LogP contribution in [0, 0.1) is 13.8 Å². The van der Waals surface area contributed by atoms with Gasteiger partial charge in [0.2, 0.25) is 0 Å². The predicted octanol–water partition coefficient (Wildman–Crippen LogP) is 12.3. The zero-order valence-corrected chi connectivity index (χ0v) is 26.6. The molecule has 0 N–H and O–H groups in total. The average Bonchev–Trinajstić information content (AvgIpc) is 3.57. The number of unbranched alkanes of at least 4 members (excludes halogenated alkanes) is 6. The van der Waals surface area contributed by atoms with E-state index < -0.39 is 0 Å². The number of aryl methyl sites for hydroxylation is 4. The maximum absolute atomic E-state index is 2.53.